The zero-order valence-corrected chi connectivity index (χ0v) is 11.3. The number of amides is 1. The van der Waals surface area contributed by atoms with Crippen molar-refractivity contribution < 1.29 is 4.79 Å². The molecule has 20 heavy (non-hydrogen) atoms. The summed E-state index contributed by atoms with van der Waals surface area (Å²) in [4.78, 5) is 12.0. The Kier molecular flexibility index (Phi) is 4.52. The maximum absolute atomic E-state index is 12.0. The Hall–Kier alpha value is -2.60. The molecule has 0 bridgehead atoms. The van der Waals surface area contributed by atoms with Crippen molar-refractivity contribution in [1.82, 2.24) is 5.32 Å². The van der Waals surface area contributed by atoms with Gasteiger partial charge in [0.05, 0.1) is 12.5 Å². The molecule has 0 aliphatic heterocycles. The molecule has 2 aromatic carbocycles. The average Bonchev–Trinajstić information content (AvgIpc) is 2.45. The molecule has 1 atom stereocenters. The molecule has 1 unspecified atom stereocenters. The SMILES string of the molecule is Cc1cccc(CC(=O)NC(C#N)c2ccccc2)c1. The van der Waals surface area contributed by atoms with Gasteiger partial charge in [-0.15, -0.1) is 0 Å². The number of carbonyl (C=O) groups excluding carboxylic acids is 1. The monoisotopic (exact) mass is 264 g/mol. The largest absolute Gasteiger partial charge is 0.336 e. The fourth-order valence-electron chi connectivity index (χ4n) is 2.06. The predicted molar refractivity (Wildman–Crippen MR) is 77.8 cm³/mol. The van der Waals surface area contributed by atoms with E-state index >= 15 is 0 Å². The van der Waals surface area contributed by atoms with Gasteiger partial charge in [-0.05, 0) is 18.1 Å². The highest BCUT2D eigenvalue weighted by atomic mass is 16.1. The Morgan fingerprint density at radius 3 is 2.60 bits per heavy atom. The third-order valence-electron chi connectivity index (χ3n) is 3.01. The van der Waals surface area contributed by atoms with Gasteiger partial charge in [0.1, 0.15) is 6.04 Å². The van der Waals surface area contributed by atoms with Crippen LogP contribution in [0.5, 0.6) is 0 Å². The van der Waals surface area contributed by atoms with Gasteiger partial charge in [-0.2, -0.15) is 5.26 Å². The number of aryl methyl sites for hydroxylation is 1. The van der Waals surface area contributed by atoms with E-state index in [4.69, 9.17) is 0 Å². The first-order chi connectivity index (χ1) is 9.69. The van der Waals surface area contributed by atoms with Crippen LogP contribution in [0.15, 0.2) is 54.6 Å². The van der Waals surface area contributed by atoms with Gasteiger partial charge in [-0.3, -0.25) is 4.79 Å². The van der Waals surface area contributed by atoms with Crippen LogP contribution in [-0.4, -0.2) is 5.91 Å². The van der Waals surface area contributed by atoms with Crippen molar-refractivity contribution in [2.45, 2.75) is 19.4 Å². The number of nitrogens with zero attached hydrogens (tertiary/aromatic N) is 1. The molecule has 0 saturated heterocycles. The molecule has 1 amide bonds. The summed E-state index contributed by atoms with van der Waals surface area (Å²) in [7, 11) is 0. The molecular weight excluding hydrogens is 248 g/mol. The van der Waals surface area contributed by atoms with Crippen molar-refractivity contribution in [2.75, 3.05) is 0 Å². The minimum absolute atomic E-state index is 0.147. The van der Waals surface area contributed by atoms with Crippen LogP contribution in [0.1, 0.15) is 22.7 Å². The minimum atomic E-state index is -0.603. The number of hydrogen-bond acceptors (Lipinski definition) is 2. The van der Waals surface area contributed by atoms with Gasteiger partial charge in [0.25, 0.3) is 0 Å². The lowest BCUT2D eigenvalue weighted by molar-refractivity contribution is -0.120. The quantitative estimate of drug-likeness (QED) is 0.923. The van der Waals surface area contributed by atoms with Gasteiger partial charge in [-0.1, -0.05) is 60.2 Å². The number of rotatable bonds is 4. The standard InChI is InChI=1S/C17H16N2O/c1-13-6-5-7-14(10-13)11-17(20)19-16(12-18)15-8-3-2-4-9-15/h2-10,16H,11H2,1H3,(H,19,20). The van der Waals surface area contributed by atoms with Gasteiger partial charge >= 0.3 is 0 Å². The van der Waals surface area contributed by atoms with Crippen LogP contribution < -0.4 is 5.32 Å². The number of carbonyl (C=O) groups is 1. The first-order valence-electron chi connectivity index (χ1n) is 6.48. The Morgan fingerprint density at radius 2 is 1.95 bits per heavy atom. The van der Waals surface area contributed by atoms with Crippen LogP contribution in [0, 0.1) is 18.3 Å². The van der Waals surface area contributed by atoms with Gasteiger partial charge in [-0.25, -0.2) is 0 Å². The van der Waals surface area contributed by atoms with E-state index in [-0.39, 0.29) is 12.3 Å². The normalized spacial score (nSPS) is 11.4. The van der Waals surface area contributed by atoms with Gasteiger partial charge in [0, 0.05) is 0 Å². The summed E-state index contributed by atoms with van der Waals surface area (Å²) in [5, 5.41) is 11.9. The lowest BCUT2D eigenvalue weighted by atomic mass is 10.1. The summed E-state index contributed by atoms with van der Waals surface area (Å²) in [5.74, 6) is -0.147. The Labute approximate surface area is 118 Å². The van der Waals surface area contributed by atoms with Crippen molar-refractivity contribution in [2.24, 2.45) is 0 Å². The second kappa shape index (κ2) is 6.53. The predicted octanol–water partition coefficient (Wildman–Crippen LogP) is 2.92. The van der Waals surface area contributed by atoms with Crippen LogP contribution in [-0.2, 0) is 11.2 Å². The first kappa shape index (κ1) is 13.8. The topological polar surface area (TPSA) is 52.9 Å². The second-order valence-electron chi connectivity index (χ2n) is 4.71. The van der Waals surface area contributed by atoms with Crippen LogP contribution in [0.4, 0.5) is 0 Å². The highest BCUT2D eigenvalue weighted by molar-refractivity contribution is 5.79. The second-order valence-corrected chi connectivity index (χ2v) is 4.71. The summed E-state index contributed by atoms with van der Waals surface area (Å²) in [5.41, 5.74) is 2.87. The summed E-state index contributed by atoms with van der Waals surface area (Å²) in [6, 6.07) is 18.6. The third-order valence-corrected chi connectivity index (χ3v) is 3.01. The molecule has 3 nitrogen and oxygen atoms in total. The highest BCUT2D eigenvalue weighted by Crippen LogP contribution is 2.12. The van der Waals surface area contributed by atoms with Crippen LogP contribution in [0.25, 0.3) is 0 Å². The summed E-state index contributed by atoms with van der Waals surface area (Å²) in [6.45, 7) is 1.99. The fourth-order valence-corrected chi connectivity index (χ4v) is 2.06. The lowest BCUT2D eigenvalue weighted by Crippen LogP contribution is -2.29. The van der Waals surface area contributed by atoms with E-state index in [2.05, 4.69) is 11.4 Å². The number of benzene rings is 2. The molecule has 0 saturated carbocycles. The van der Waals surface area contributed by atoms with Crippen LogP contribution in [0.2, 0.25) is 0 Å². The van der Waals surface area contributed by atoms with E-state index in [1.165, 1.54) is 0 Å². The number of hydrogen-bond donors (Lipinski definition) is 1. The Morgan fingerprint density at radius 1 is 1.20 bits per heavy atom. The fraction of sp³-hybridized carbons (Fsp3) is 0.176. The third kappa shape index (κ3) is 3.69. The smallest absolute Gasteiger partial charge is 0.225 e. The molecule has 2 rings (SSSR count). The molecule has 0 radical (unpaired) electrons. The summed E-state index contributed by atoms with van der Waals surface area (Å²) < 4.78 is 0. The number of nitrogens with one attached hydrogen (secondary N) is 1. The minimum Gasteiger partial charge on any atom is -0.336 e. The van der Waals surface area contributed by atoms with E-state index in [0.29, 0.717) is 0 Å². The molecule has 0 heterocycles. The summed E-state index contributed by atoms with van der Waals surface area (Å²) in [6.07, 6.45) is 0.284. The van der Waals surface area contributed by atoms with Gasteiger partial charge < -0.3 is 5.32 Å². The van der Waals surface area contributed by atoms with Crippen molar-refractivity contribution in [1.29, 1.82) is 5.26 Å². The maximum Gasteiger partial charge on any atom is 0.225 e. The zero-order chi connectivity index (χ0) is 14.4. The van der Waals surface area contributed by atoms with Crippen molar-refractivity contribution >= 4 is 5.91 Å². The molecule has 3 heteroatoms. The molecule has 100 valence electrons. The van der Waals surface area contributed by atoms with Crippen molar-refractivity contribution in [3.05, 3.63) is 71.3 Å². The van der Waals surface area contributed by atoms with Crippen molar-refractivity contribution in [3.8, 4) is 6.07 Å². The molecule has 0 spiro atoms. The molecule has 0 aliphatic rings. The van der Waals surface area contributed by atoms with E-state index < -0.39 is 6.04 Å². The molecular formula is C17H16N2O. The van der Waals surface area contributed by atoms with E-state index in [1.54, 1.807) is 0 Å². The van der Waals surface area contributed by atoms with Crippen molar-refractivity contribution in [3.63, 3.8) is 0 Å². The molecule has 1 N–H and O–H groups in total. The maximum atomic E-state index is 12.0. The Balaban J connectivity index is 2.02. The Bertz CT molecular complexity index is 629. The van der Waals surface area contributed by atoms with E-state index in [0.717, 1.165) is 16.7 Å². The number of nitriles is 1. The van der Waals surface area contributed by atoms with E-state index in [9.17, 15) is 10.1 Å². The van der Waals surface area contributed by atoms with Gasteiger partial charge in [0.15, 0.2) is 0 Å². The van der Waals surface area contributed by atoms with E-state index in [1.807, 2.05) is 61.5 Å². The average molecular weight is 264 g/mol. The summed E-state index contributed by atoms with van der Waals surface area (Å²) >= 11 is 0. The molecule has 0 aliphatic carbocycles. The molecule has 0 fully saturated rings. The molecule has 0 aromatic heterocycles. The molecule has 2 aromatic rings. The lowest BCUT2D eigenvalue weighted by Gasteiger charge is -2.12. The zero-order valence-electron chi connectivity index (χ0n) is 11.3. The highest BCUT2D eigenvalue weighted by Gasteiger charge is 2.13. The van der Waals surface area contributed by atoms with Crippen LogP contribution >= 0.6 is 0 Å². The van der Waals surface area contributed by atoms with Crippen LogP contribution in [0.3, 0.4) is 0 Å². The first-order valence-corrected chi connectivity index (χ1v) is 6.48. The van der Waals surface area contributed by atoms with Gasteiger partial charge in [0.2, 0.25) is 5.91 Å².